The van der Waals surface area contributed by atoms with Gasteiger partial charge in [-0.25, -0.2) is 0 Å². The lowest BCUT2D eigenvalue weighted by Crippen LogP contribution is -2.49. The van der Waals surface area contributed by atoms with Gasteiger partial charge in [0.25, 0.3) is 0 Å². The highest BCUT2D eigenvalue weighted by molar-refractivity contribution is 7.10. The summed E-state index contributed by atoms with van der Waals surface area (Å²) in [4.78, 5) is 22.3. The third-order valence-electron chi connectivity index (χ3n) is 5.47. The summed E-state index contributed by atoms with van der Waals surface area (Å²) in [6.07, 6.45) is 6.40. The molecule has 0 saturated carbocycles. The standard InChI is InChI=1S/C20H25N3O2S/c1-22(14-16-2-8-21-9-3-16)15-19(24)23-10-6-20(7-11-23)17-5-13-26-18(17)4-12-25-20/h2-3,5,8-9,13H,4,6-7,10-12,14-15H2,1H3. The molecule has 0 atom stereocenters. The molecule has 1 spiro atoms. The van der Waals surface area contributed by atoms with Crippen molar-refractivity contribution in [2.45, 2.75) is 31.4 Å². The number of hydrogen-bond donors (Lipinski definition) is 0. The second-order valence-electron chi connectivity index (χ2n) is 7.26. The van der Waals surface area contributed by atoms with E-state index in [9.17, 15) is 4.79 Å². The number of likely N-dealkylation sites (N-methyl/N-ethyl adjacent to an activating group) is 1. The van der Waals surface area contributed by atoms with Crippen LogP contribution >= 0.6 is 11.3 Å². The molecular weight excluding hydrogens is 346 g/mol. The number of amides is 1. The van der Waals surface area contributed by atoms with Gasteiger partial charge in [0.05, 0.1) is 18.8 Å². The van der Waals surface area contributed by atoms with Crippen molar-refractivity contribution >= 4 is 17.2 Å². The molecule has 2 aliphatic rings. The quantitative estimate of drug-likeness (QED) is 0.829. The Balaban J connectivity index is 1.33. The van der Waals surface area contributed by atoms with Crippen LogP contribution in [-0.4, -0.2) is 54.0 Å². The van der Waals surface area contributed by atoms with Gasteiger partial charge < -0.3 is 9.64 Å². The highest BCUT2D eigenvalue weighted by Crippen LogP contribution is 2.43. The van der Waals surface area contributed by atoms with E-state index in [0.29, 0.717) is 6.54 Å². The molecular formula is C20H25N3O2S. The van der Waals surface area contributed by atoms with Crippen molar-refractivity contribution < 1.29 is 9.53 Å². The van der Waals surface area contributed by atoms with Gasteiger partial charge in [0.15, 0.2) is 0 Å². The van der Waals surface area contributed by atoms with Crippen molar-refractivity contribution in [3.8, 4) is 0 Å². The fraction of sp³-hybridized carbons (Fsp3) is 0.500. The highest BCUT2D eigenvalue weighted by Gasteiger charge is 2.42. The van der Waals surface area contributed by atoms with Gasteiger partial charge in [0.2, 0.25) is 5.91 Å². The van der Waals surface area contributed by atoms with Gasteiger partial charge >= 0.3 is 0 Å². The van der Waals surface area contributed by atoms with E-state index in [0.717, 1.165) is 45.5 Å². The van der Waals surface area contributed by atoms with Crippen LogP contribution in [0.4, 0.5) is 0 Å². The van der Waals surface area contributed by atoms with E-state index in [2.05, 4.69) is 21.3 Å². The number of aromatic nitrogens is 1. The molecule has 1 amide bonds. The molecule has 0 aliphatic carbocycles. The molecule has 5 nitrogen and oxygen atoms in total. The fourth-order valence-electron chi connectivity index (χ4n) is 4.07. The predicted molar refractivity (Wildman–Crippen MR) is 102 cm³/mol. The average molecular weight is 372 g/mol. The number of fused-ring (bicyclic) bond motifs is 2. The number of rotatable bonds is 4. The molecule has 26 heavy (non-hydrogen) atoms. The lowest BCUT2D eigenvalue weighted by atomic mass is 9.82. The monoisotopic (exact) mass is 371 g/mol. The highest BCUT2D eigenvalue weighted by atomic mass is 32.1. The molecule has 0 radical (unpaired) electrons. The molecule has 4 heterocycles. The average Bonchev–Trinajstić information content (AvgIpc) is 3.13. The maximum absolute atomic E-state index is 12.7. The number of ether oxygens (including phenoxy) is 1. The first kappa shape index (κ1) is 17.6. The third kappa shape index (κ3) is 3.54. The number of piperidine rings is 1. The van der Waals surface area contributed by atoms with Gasteiger partial charge in [-0.1, -0.05) is 0 Å². The molecule has 0 bridgehead atoms. The molecule has 2 aromatic heterocycles. The number of carbonyl (C=O) groups excluding carboxylic acids is 1. The van der Waals surface area contributed by atoms with Crippen molar-refractivity contribution in [2.75, 3.05) is 33.3 Å². The van der Waals surface area contributed by atoms with Crippen LogP contribution in [0.15, 0.2) is 36.0 Å². The zero-order valence-electron chi connectivity index (χ0n) is 15.2. The third-order valence-corrected chi connectivity index (χ3v) is 6.46. The first-order chi connectivity index (χ1) is 12.7. The molecule has 4 rings (SSSR count). The van der Waals surface area contributed by atoms with E-state index in [1.807, 2.05) is 35.4 Å². The maximum Gasteiger partial charge on any atom is 0.236 e. The Kier molecular flexibility index (Phi) is 5.07. The zero-order valence-corrected chi connectivity index (χ0v) is 16.0. The second-order valence-corrected chi connectivity index (χ2v) is 8.26. The van der Waals surface area contributed by atoms with Crippen molar-refractivity contribution in [3.05, 3.63) is 52.0 Å². The molecule has 0 aromatic carbocycles. The Hall–Kier alpha value is -1.76. The molecule has 0 N–H and O–H groups in total. The summed E-state index contributed by atoms with van der Waals surface area (Å²) in [5, 5.41) is 2.17. The normalized spacial score (nSPS) is 18.9. The minimum absolute atomic E-state index is 0.159. The molecule has 138 valence electrons. The Morgan fingerprint density at radius 3 is 2.85 bits per heavy atom. The first-order valence-corrected chi connectivity index (χ1v) is 10.1. The van der Waals surface area contributed by atoms with Crippen LogP contribution in [0.2, 0.25) is 0 Å². The minimum atomic E-state index is -0.159. The van der Waals surface area contributed by atoms with Crippen LogP contribution in [0.1, 0.15) is 28.8 Å². The van der Waals surface area contributed by atoms with Crippen molar-refractivity contribution in [2.24, 2.45) is 0 Å². The van der Waals surface area contributed by atoms with Crippen molar-refractivity contribution in [1.82, 2.24) is 14.8 Å². The molecule has 1 fully saturated rings. The molecule has 0 unspecified atom stereocenters. The van der Waals surface area contributed by atoms with Gasteiger partial charge in [0, 0.05) is 43.3 Å². The summed E-state index contributed by atoms with van der Waals surface area (Å²) in [5.41, 5.74) is 2.39. The summed E-state index contributed by atoms with van der Waals surface area (Å²) >= 11 is 1.84. The lowest BCUT2D eigenvalue weighted by Gasteiger charge is -2.44. The van der Waals surface area contributed by atoms with E-state index in [4.69, 9.17) is 4.74 Å². The van der Waals surface area contributed by atoms with Crippen LogP contribution in [0.25, 0.3) is 0 Å². The number of nitrogens with zero attached hydrogens (tertiary/aromatic N) is 3. The van der Waals surface area contributed by atoms with E-state index in [1.54, 1.807) is 12.4 Å². The van der Waals surface area contributed by atoms with E-state index < -0.39 is 0 Å². The van der Waals surface area contributed by atoms with E-state index in [-0.39, 0.29) is 11.5 Å². The van der Waals surface area contributed by atoms with Crippen molar-refractivity contribution in [3.63, 3.8) is 0 Å². The number of carbonyl (C=O) groups is 1. The summed E-state index contributed by atoms with van der Waals surface area (Å²) in [6, 6.07) is 6.20. The maximum atomic E-state index is 12.7. The SMILES string of the molecule is CN(CC(=O)N1CCC2(CC1)OCCc1sccc12)Cc1ccncc1. The topological polar surface area (TPSA) is 45.7 Å². The van der Waals surface area contributed by atoms with Crippen LogP contribution in [0, 0.1) is 0 Å². The molecule has 2 aromatic rings. The number of hydrogen-bond acceptors (Lipinski definition) is 5. The van der Waals surface area contributed by atoms with Gasteiger partial charge in [-0.05, 0) is 54.6 Å². The number of thiophene rings is 1. The summed E-state index contributed by atoms with van der Waals surface area (Å²) < 4.78 is 6.23. The van der Waals surface area contributed by atoms with E-state index in [1.165, 1.54) is 16.0 Å². The molecule has 6 heteroatoms. The van der Waals surface area contributed by atoms with Crippen LogP contribution in [-0.2, 0) is 28.1 Å². The predicted octanol–water partition coefficient (Wildman–Crippen LogP) is 2.67. The van der Waals surface area contributed by atoms with Gasteiger partial charge in [-0.3, -0.25) is 14.7 Å². The second kappa shape index (κ2) is 7.47. The van der Waals surface area contributed by atoms with Gasteiger partial charge in [-0.2, -0.15) is 0 Å². The fourth-order valence-corrected chi connectivity index (χ4v) is 5.03. The first-order valence-electron chi connectivity index (χ1n) is 9.22. The summed E-state index contributed by atoms with van der Waals surface area (Å²) in [5.74, 6) is 0.206. The summed E-state index contributed by atoms with van der Waals surface area (Å²) in [6.45, 7) is 3.55. The Labute approximate surface area is 158 Å². The Bertz CT molecular complexity index is 753. The number of pyridine rings is 1. The largest absolute Gasteiger partial charge is 0.370 e. The molecule has 1 saturated heterocycles. The van der Waals surface area contributed by atoms with Crippen LogP contribution < -0.4 is 0 Å². The van der Waals surface area contributed by atoms with Gasteiger partial charge in [0.1, 0.15) is 0 Å². The Morgan fingerprint density at radius 1 is 1.31 bits per heavy atom. The van der Waals surface area contributed by atoms with Crippen LogP contribution in [0.3, 0.4) is 0 Å². The summed E-state index contributed by atoms with van der Waals surface area (Å²) in [7, 11) is 1.99. The zero-order chi connectivity index (χ0) is 18.0. The van der Waals surface area contributed by atoms with E-state index >= 15 is 0 Å². The van der Waals surface area contributed by atoms with Crippen LogP contribution in [0.5, 0.6) is 0 Å². The Morgan fingerprint density at radius 2 is 2.08 bits per heavy atom. The lowest BCUT2D eigenvalue weighted by molar-refractivity contribution is -0.141. The minimum Gasteiger partial charge on any atom is -0.370 e. The smallest absolute Gasteiger partial charge is 0.236 e. The number of likely N-dealkylation sites (tertiary alicyclic amines) is 1. The van der Waals surface area contributed by atoms with Gasteiger partial charge in [-0.15, -0.1) is 11.3 Å². The molecule has 2 aliphatic heterocycles. The van der Waals surface area contributed by atoms with Crippen molar-refractivity contribution in [1.29, 1.82) is 0 Å².